The Morgan fingerprint density at radius 2 is 0.661 bits per heavy atom. The van der Waals surface area contributed by atoms with E-state index in [1.165, 1.54) is 55.6 Å². The van der Waals surface area contributed by atoms with Crippen molar-refractivity contribution in [3.05, 3.63) is 242 Å². The molecule has 59 heavy (non-hydrogen) atoms. The summed E-state index contributed by atoms with van der Waals surface area (Å²) in [5.74, 6) is 0. The maximum Gasteiger partial charge on any atom is 0.0540 e. The first-order valence-electron chi connectivity index (χ1n) is 20.4. The Hall–Kier alpha value is -7.42. The number of nitrogens with zero attached hydrogens (tertiary/aromatic N) is 2. The third-order valence-corrected chi connectivity index (χ3v) is 11.9. The van der Waals surface area contributed by atoms with Crippen molar-refractivity contribution >= 4 is 34.1 Å². The molecule has 2 nitrogen and oxygen atoms in total. The third kappa shape index (κ3) is 6.69. The molecule has 0 aliphatic heterocycles. The molecule has 0 radical (unpaired) electrons. The Balaban J connectivity index is 0.969. The number of rotatable bonds is 9. The molecule has 282 valence electrons. The minimum absolute atomic E-state index is 0.0915. The zero-order valence-electron chi connectivity index (χ0n) is 33.3. The van der Waals surface area contributed by atoms with Crippen LogP contribution in [0.4, 0.5) is 34.1 Å². The van der Waals surface area contributed by atoms with Crippen LogP contribution in [-0.2, 0) is 5.41 Å². The molecular formula is C57H44N2. The molecule has 1 aliphatic rings. The molecule has 0 saturated carbocycles. The van der Waals surface area contributed by atoms with Crippen LogP contribution in [0.1, 0.15) is 25.0 Å². The molecule has 0 aromatic heterocycles. The lowest BCUT2D eigenvalue weighted by Crippen LogP contribution is -2.16. The highest BCUT2D eigenvalue weighted by molar-refractivity contribution is 5.91. The van der Waals surface area contributed by atoms with Gasteiger partial charge in [0.2, 0.25) is 0 Å². The van der Waals surface area contributed by atoms with Crippen molar-refractivity contribution in [1.29, 1.82) is 0 Å². The van der Waals surface area contributed by atoms with Crippen LogP contribution in [0.25, 0.3) is 44.5 Å². The van der Waals surface area contributed by atoms with Crippen molar-refractivity contribution in [2.24, 2.45) is 0 Å². The quantitative estimate of drug-likeness (QED) is 0.145. The van der Waals surface area contributed by atoms with Gasteiger partial charge < -0.3 is 9.80 Å². The molecule has 1 aliphatic carbocycles. The summed E-state index contributed by atoms with van der Waals surface area (Å²) in [6.07, 6.45) is 0. The summed E-state index contributed by atoms with van der Waals surface area (Å²) >= 11 is 0. The Morgan fingerprint density at radius 3 is 1.25 bits per heavy atom. The standard InChI is InChI=1S/C57H44N2/c1-57(2)54-24-14-12-23-52(54)53-39-38-50(40-55(53)57)59(47-20-10-5-11-21-47)56-25-15-13-22-51(56)45-28-26-42(27-29-45)44-32-36-49(37-33-44)58(46-18-8-4-9-19-46)48-34-30-43(31-35-48)41-16-6-3-7-17-41/h3-40H,1-2H3. The molecule has 0 bridgehead atoms. The molecule has 9 aromatic rings. The predicted molar refractivity (Wildman–Crippen MR) is 250 cm³/mol. The van der Waals surface area contributed by atoms with Gasteiger partial charge in [-0.05, 0) is 117 Å². The monoisotopic (exact) mass is 756 g/mol. The maximum atomic E-state index is 2.41. The van der Waals surface area contributed by atoms with Crippen LogP contribution in [0.5, 0.6) is 0 Å². The first-order chi connectivity index (χ1) is 29.0. The molecule has 2 heteroatoms. The lowest BCUT2D eigenvalue weighted by Gasteiger charge is -2.29. The average molecular weight is 757 g/mol. The normalized spacial score (nSPS) is 12.4. The third-order valence-electron chi connectivity index (χ3n) is 11.9. The summed E-state index contributed by atoms with van der Waals surface area (Å²) < 4.78 is 0. The van der Waals surface area contributed by atoms with Crippen molar-refractivity contribution < 1.29 is 0 Å². The molecule has 9 aromatic carbocycles. The van der Waals surface area contributed by atoms with E-state index in [-0.39, 0.29) is 5.41 Å². The lowest BCUT2D eigenvalue weighted by atomic mass is 9.82. The molecule has 0 atom stereocenters. The Morgan fingerprint density at radius 1 is 0.271 bits per heavy atom. The second-order valence-corrected chi connectivity index (χ2v) is 15.8. The molecule has 0 saturated heterocycles. The zero-order valence-corrected chi connectivity index (χ0v) is 33.3. The first kappa shape index (κ1) is 36.0. The first-order valence-corrected chi connectivity index (χ1v) is 20.4. The van der Waals surface area contributed by atoms with Crippen LogP contribution in [-0.4, -0.2) is 0 Å². The van der Waals surface area contributed by atoms with Gasteiger partial charge in [-0.2, -0.15) is 0 Å². The highest BCUT2D eigenvalue weighted by Gasteiger charge is 2.35. The number of benzene rings is 9. The van der Waals surface area contributed by atoms with E-state index in [2.05, 4.69) is 254 Å². The molecular weight excluding hydrogens is 713 g/mol. The van der Waals surface area contributed by atoms with Gasteiger partial charge >= 0.3 is 0 Å². The Labute approximate surface area is 347 Å². The zero-order chi connectivity index (χ0) is 39.8. The summed E-state index contributed by atoms with van der Waals surface area (Å²) in [7, 11) is 0. The number of anilines is 6. The van der Waals surface area contributed by atoms with E-state index < -0.39 is 0 Å². The van der Waals surface area contributed by atoms with Gasteiger partial charge in [-0.3, -0.25) is 0 Å². The average Bonchev–Trinajstić information content (AvgIpc) is 3.53. The molecule has 0 heterocycles. The van der Waals surface area contributed by atoms with Crippen LogP contribution in [0.2, 0.25) is 0 Å². The van der Waals surface area contributed by atoms with E-state index in [4.69, 9.17) is 0 Å². The van der Waals surface area contributed by atoms with Gasteiger partial charge in [-0.15, -0.1) is 0 Å². The summed E-state index contributed by atoms with van der Waals surface area (Å²) in [5.41, 5.74) is 19.2. The van der Waals surface area contributed by atoms with Crippen LogP contribution >= 0.6 is 0 Å². The predicted octanol–water partition coefficient (Wildman–Crippen LogP) is 15.9. The summed E-state index contributed by atoms with van der Waals surface area (Å²) in [5, 5.41) is 0. The number of hydrogen-bond donors (Lipinski definition) is 0. The topological polar surface area (TPSA) is 6.48 Å². The molecule has 0 unspecified atom stereocenters. The van der Waals surface area contributed by atoms with E-state index in [0.717, 1.165) is 34.1 Å². The van der Waals surface area contributed by atoms with Crippen molar-refractivity contribution in [2.45, 2.75) is 19.3 Å². The summed E-state index contributed by atoms with van der Waals surface area (Å²) in [6, 6.07) is 83.3. The van der Waals surface area contributed by atoms with Gasteiger partial charge in [0.05, 0.1) is 5.69 Å². The fraction of sp³-hybridized carbons (Fsp3) is 0.0526. The second-order valence-electron chi connectivity index (χ2n) is 15.8. The highest BCUT2D eigenvalue weighted by Crippen LogP contribution is 2.51. The van der Waals surface area contributed by atoms with Gasteiger partial charge in [0.15, 0.2) is 0 Å². The number of fused-ring (bicyclic) bond motifs is 3. The van der Waals surface area contributed by atoms with Crippen LogP contribution in [0, 0.1) is 0 Å². The van der Waals surface area contributed by atoms with Gasteiger partial charge in [0.25, 0.3) is 0 Å². The van der Waals surface area contributed by atoms with Crippen molar-refractivity contribution in [2.75, 3.05) is 9.80 Å². The van der Waals surface area contributed by atoms with E-state index in [9.17, 15) is 0 Å². The lowest BCUT2D eigenvalue weighted by molar-refractivity contribution is 0.660. The van der Waals surface area contributed by atoms with Gasteiger partial charge in [0, 0.05) is 39.4 Å². The Bertz CT molecular complexity index is 2860. The van der Waals surface area contributed by atoms with Crippen LogP contribution in [0.15, 0.2) is 231 Å². The highest BCUT2D eigenvalue weighted by atomic mass is 15.1. The molecule has 0 fully saturated rings. The van der Waals surface area contributed by atoms with E-state index >= 15 is 0 Å². The summed E-state index contributed by atoms with van der Waals surface area (Å²) in [4.78, 5) is 4.73. The van der Waals surface area contributed by atoms with Crippen molar-refractivity contribution in [1.82, 2.24) is 0 Å². The van der Waals surface area contributed by atoms with E-state index in [0.29, 0.717) is 0 Å². The minimum atomic E-state index is -0.0915. The van der Waals surface area contributed by atoms with Gasteiger partial charge in [-0.1, -0.05) is 178 Å². The maximum absolute atomic E-state index is 2.41. The summed E-state index contributed by atoms with van der Waals surface area (Å²) in [6.45, 7) is 4.70. The van der Waals surface area contributed by atoms with Gasteiger partial charge in [-0.25, -0.2) is 0 Å². The largest absolute Gasteiger partial charge is 0.311 e. The number of para-hydroxylation sites is 3. The SMILES string of the molecule is CC1(C)c2ccccc2-c2ccc(N(c3ccccc3)c3ccccc3-c3ccc(-c4ccc(N(c5ccccc5)c5ccc(-c6ccccc6)cc5)cc4)cc3)cc21. The molecule has 0 spiro atoms. The van der Waals surface area contributed by atoms with Crippen LogP contribution < -0.4 is 9.80 Å². The molecule has 10 rings (SSSR count). The van der Waals surface area contributed by atoms with E-state index in [1.807, 2.05) is 0 Å². The van der Waals surface area contributed by atoms with E-state index in [1.54, 1.807) is 0 Å². The van der Waals surface area contributed by atoms with Crippen molar-refractivity contribution in [3.63, 3.8) is 0 Å². The Kier molecular flexibility index (Phi) is 9.24. The van der Waals surface area contributed by atoms with Crippen LogP contribution in [0.3, 0.4) is 0 Å². The molecule has 0 N–H and O–H groups in total. The number of hydrogen-bond acceptors (Lipinski definition) is 2. The van der Waals surface area contributed by atoms with Crippen molar-refractivity contribution in [3.8, 4) is 44.5 Å². The molecule has 0 amide bonds. The second kappa shape index (κ2) is 15.2. The smallest absolute Gasteiger partial charge is 0.0540 e. The fourth-order valence-electron chi connectivity index (χ4n) is 8.85. The minimum Gasteiger partial charge on any atom is -0.311 e. The van der Waals surface area contributed by atoms with Gasteiger partial charge in [0.1, 0.15) is 0 Å². The fourth-order valence-corrected chi connectivity index (χ4v) is 8.85.